The van der Waals surface area contributed by atoms with Gasteiger partial charge in [-0.25, -0.2) is 8.42 Å². The van der Waals surface area contributed by atoms with Gasteiger partial charge in [0.25, 0.3) is 0 Å². The first-order valence-electron chi connectivity index (χ1n) is 9.65. The summed E-state index contributed by atoms with van der Waals surface area (Å²) in [4.78, 5) is 12.4. The molecule has 2 saturated heterocycles. The summed E-state index contributed by atoms with van der Waals surface area (Å²) in [5, 5.41) is 6.35. The predicted molar refractivity (Wildman–Crippen MR) is 101 cm³/mol. The van der Waals surface area contributed by atoms with Crippen LogP contribution in [0.25, 0.3) is 0 Å². The molecule has 0 bridgehead atoms. The van der Waals surface area contributed by atoms with Crippen LogP contribution >= 0.6 is 0 Å². The van der Waals surface area contributed by atoms with E-state index in [2.05, 4.69) is 10.6 Å². The maximum Gasteiger partial charge on any atom is 0.243 e. The SMILES string of the molecule is O=C(CCc1ccc(S(=O)(=O)N2CCCCC2)cc1)NC1CCCNC1. The van der Waals surface area contributed by atoms with Crippen molar-refractivity contribution in [1.29, 1.82) is 0 Å². The number of carbonyl (C=O) groups is 1. The Morgan fingerprint density at radius 1 is 1.12 bits per heavy atom. The number of amides is 1. The standard InChI is InChI=1S/C19H29N3O3S/c23-19(21-17-5-4-12-20-15-17)11-8-16-6-9-18(10-7-16)26(24,25)22-13-2-1-3-14-22/h6-7,9-10,17,20H,1-5,8,11-15H2,(H,21,23). The smallest absolute Gasteiger partial charge is 0.243 e. The van der Waals surface area contributed by atoms with Crippen molar-refractivity contribution >= 4 is 15.9 Å². The number of nitrogens with one attached hydrogen (secondary N) is 2. The molecule has 2 fully saturated rings. The lowest BCUT2D eigenvalue weighted by Gasteiger charge is -2.25. The largest absolute Gasteiger partial charge is 0.352 e. The summed E-state index contributed by atoms with van der Waals surface area (Å²) in [5.41, 5.74) is 0.986. The molecular formula is C19H29N3O3S. The quantitative estimate of drug-likeness (QED) is 0.788. The van der Waals surface area contributed by atoms with Crippen LogP contribution in [-0.2, 0) is 21.2 Å². The summed E-state index contributed by atoms with van der Waals surface area (Å²) in [6, 6.07) is 7.22. The number of sulfonamides is 1. The van der Waals surface area contributed by atoms with Gasteiger partial charge in [-0.3, -0.25) is 4.79 Å². The van der Waals surface area contributed by atoms with E-state index in [9.17, 15) is 13.2 Å². The van der Waals surface area contributed by atoms with Crippen molar-refractivity contribution in [2.75, 3.05) is 26.2 Å². The highest BCUT2D eigenvalue weighted by Crippen LogP contribution is 2.21. The van der Waals surface area contributed by atoms with Crippen molar-refractivity contribution in [1.82, 2.24) is 14.9 Å². The van der Waals surface area contributed by atoms with Crippen LogP contribution in [0.4, 0.5) is 0 Å². The molecule has 1 unspecified atom stereocenters. The number of nitrogens with zero attached hydrogens (tertiary/aromatic N) is 1. The first-order valence-corrected chi connectivity index (χ1v) is 11.1. The van der Waals surface area contributed by atoms with Gasteiger partial charge in [-0.2, -0.15) is 4.31 Å². The van der Waals surface area contributed by atoms with Crippen LogP contribution in [0.2, 0.25) is 0 Å². The molecule has 2 aliphatic heterocycles. The molecule has 26 heavy (non-hydrogen) atoms. The Kier molecular flexibility index (Phi) is 6.67. The molecule has 1 aromatic rings. The Morgan fingerprint density at radius 2 is 1.85 bits per heavy atom. The second-order valence-electron chi connectivity index (χ2n) is 7.22. The number of carbonyl (C=O) groups excluding carboxylic acids is 1. The van der Waals surface area contributed by atoms with E-state index in [1.165, 1.54) is 0 Å². The van der Waals surface area contributed by atoms with Gasteiger partial charge in [0, 0.05) is 32.1 Å². The van der Waals surface area contributed by atoms with E-state index >= 15 is 0 Å². The molecule has 1 aromatic carbocycles. The van der Waals surface area contributed by atoms with E-state index in [1.54, 1.807) is 16.4 Å². The Balaban J connectivity index is 1.51. The lowest BCUT2D eigenvalue weighted by Crippen LogP contribution is -2.45. The number of hydrogen-bond acceptors (Lipinski definition) is 4. The second kappa shape index (κ2) is 8.97. The third kappa shape index (κ3) is 5.05. The fraction of sp³-hybridized carbons (Fsp3) is 0.632. The van der Waals surface area contributed by atoms with Gasteiger partial charge in [-0.15, -0.1) is 0 Å². The summed E-state index contributed by atoms with van der Waals surface area (Å²) < 4.78 is 26.9. The van der Waals surface area contributed by atoms with Crippen LogP contribution in [0.3, 0.4) is 0 Å². The highest BCUT2D eigenvalue weighted by Gasteiger charge is 2.25. The normalized spacial score (nSPS) is 22.1. The Labute approximate surface area is 156 Å². The number of piperidine rings is 2. The molecule has 1 atom stereocenters. The summed E-state index contributed by atoms with van der Waals surface area (Å²) in [6.45, 7) is 3.09. The van der Waals surface area contributed by atoms with Crippen LogP contribution in [0.15, 0.2) is 29.2 Å². The minimum absolute atomic E-state index is 0.0590. The van der Waals surface area contributed by atoms with E-state index in [-0.39, 0.29) is 11.9 Å². The predicted octanol–water partition coefficient (Wildman–Crippen LogP) is 1.66. The van der Waals surface area contributed by atoms with Crippen molar-refractivity contribution in [3.63, 3.8) is 0 Å². The first-order chi connectivity index (χ1) is 12.6. The van der Waals surface area contributed by atoms with Crippen LogP contribution in [0.5, 0.6) is 0 Å². The molecule has 2 heterocycles. The Bertz CT molecular complexity index is 691. The summed E-state index contributed by atoms with van der Waals surface area (Å²) in [5.74, 6) is 0.0590. The van der Waals surface area contributed by atoms with Gasteiger partial charge in [-0.1, -0.05) is 18.6 Å². The van der Waals surface area contributed by atoms with Crippen LogP contribution < -0.4 is 10.6 Å². The van der Waals surface area contributed by atoms with E-state index in [4.69, 9.17) is 0 Å². The number of rotatable bonds is 6. The zero-order valence-corrected chi connectivity index (χ0v) is 16.1. The average Bonchev–Trinajstić information content (AvgIpc) is 2.68. The topological polar surface area (TPSA) is 78.5 Å². The summed E-state index contributed by atoms with van der Waals surface area (Å²) in [7, 11) is -3.38. The molecular weight excluding hydrogens is 350 g/mol. The van der Waals surface area contributed by atoms with Gasteiger partial charge >= 0.3 is 0 Å². The minimum Gasteiger partial charge on any atom is -0.352 e. The van der Waals surface area contributed by atoms with Gasteiger partial charge in [0.05, 0.1) is 4.90 Å². The molecule has 6 nitrogen and oxygen atoms in total. The molecule has 144 valence electrons. The van der Waals surface area contributed by atoms with Crippen LogP contribution in [-0.4, -0.2) is 50.9 Å². The van der Waals surface area contributed by atoms with Crippen molar-refractivity contribution in [3.8, 4) is 0 Å². The lowest BCUT2D eigenvalue weighted by atomic mass is 10.1. The molecule has 3 rings (SSSR count). The third-order valence-electron chi connectivity index (χ3n) is 5.18. The number of aryl methyl sites for hydroxylation is 1. The van der Waals surface area contributed by atoms with Gasteiger partial charge in [-0.05, 0) is 56.3 Å². The van der Waals surface area contributed by atoms with E-state index in [0.717, 1.165) is 50.8 Å². The minimum atomic E-state index is -3.38. The lowest BCUT2D eigenvalue weighted by molar-refractivity contribution is -0.121. The maximum absolute atomic E-state index is 12.6. The zero-order valence-electron chi connectivity index (χ0n) is 15.2. The molecule has 7 heteroatoms. The fourth-order valence-electron chi connectivity index (χ4n) is 3.62. The van der Waals surface area contributed by atoms with Crippen molar-refractivity contribution in [2.24, 2.45) is 0 Å². The van der Waals surface area contributed by atoms with Crippen LogP contribution in [0.1, 0.15) is 44.1 Å². The molecule has 1 amide bonds. The third-order valence-corrected chi connectivity index (χ3v) is 7.09. The van der Waals surface area contributed by atoms with Gasteiger partial charge in [0.15, 0.2) is 0 Å². The Morgan fingerprint density at radius 3 is 2.50 bits per heavy atom. The highest BCUT2D eigenvalue weighted by atomic mass is 32.2. The van der Waals surface area contributed by atoms with Crippen molar-refractivity contribution in [2.45, 2.75) is 55.9 Å². The highest BCUT2D eigenvalue weighted by molar-refractivity contribution is 7.89. The van der Waals surface area contributed by atoms with Crippen molar-refractivity contribution < 1.29 is 13.2 Å². The number of benzene rings is 1. The van der Waals surface area contributed by atoms with E-state index in [1.807, 2.05) is 12.1 Å². The monoisotopic (exact) mass is 379 g/mol. The maximum atomic E-state index is 12.6. The second-order valence-corrected chi connectivity index (χ2v) is 9.16. The Hall–Kier alpha value is -1.44. The fourth-order valence-corrected chi connectivity index (χ4v) is 5.13. The first kappa shape index (κ1) is 19.3. The molecule has 0 aromatic heterocycles. The number of hydrogen-bond donors (Lipinski definition) is 2. The molecule has 0 saturated carbocycles. The molecule has 2 aliphatic rings. The van der Waals surface area contributed by atoms with Gasteiger partial charge < -0.3 is 10.6 Å². The molecule has 0 radical (unpaired) electrons. The summed E-state index contributed by atoms with van der Waals surface area (Å²) >= 11 is 0. The van der Waals surface area contributed by atoms with E-state index < -0.39 is 10.0 Å². The zero-order chi connectivity index (χ0) is 18.4. The molecule has 0 spiro atoms. The van der Waals surface area contributed by atoms with Gasteiger partial charge in [0.2, 0.25) is 15.9 Å². The summed E-state index contributed by atoms with van der Waals surface area (Å²) in [6.07, 6.45) is 6.14. The van der Waals surface area contributed by atoms with E-state index in [0.29, 0.717) is 30.8 Å². The van der Waals surface area contributed by atoms with Gasteiger partial charge in [0.1, 0.15) is 0 Å². The molecule has 0 aliphatic carbocycles. The van der Waals surface area contributed by atoms with Crippen LogP contribution in [0, 0.1) is 0 Å². The van der Waals surface area contributed by atoms with Crippen molar-refractivity contribution in [3.05, 3.63) is 29.8 Å². The average molecular weight is 380 g/mol. The molecule has 2 N–H and O–H groups in total.